The number of halogens is 3. The highest BCUT2D eigenvalue weighted by molar-refractivity contribution is 6.42. The first-order chi connectivity index (χ1) is 12.9. The average Bonchev–Trinajstić information content (AvgIpc) is 2.89. The molecule has 1 heterocycles. The van der Waals surface area contributed by atoms with Gasteiger partial charge in [0.05, 0.1) is 17.2 Å². The van der Waals surface area contributed by atoms with E-state index in [-0.39, 0.29) is 18.4 Å². The lowest BCUT2D eigenvalue weighted by atomic mass is 10.1. The molecule has 2 aromatic carbocycles. The molecule has 0 aliphatic carbocycles. The molecule has 0 radical (unpaired) electrons. The molecule has 0 aliphatic heterocycles. The normalized spacial score (nSPS) is 10.6. The summed E-state index contributed by atoms with van der Waals surface area (Å²) in [5.41, 5.74) is 15.5. The Balaban J connectivity index is 0.00000280. The Bertz CT molecular complexity index is 1010. The molecule has 0 unspecified atom stereocenters. The van der Waals surface area contributed by atoms with Crippen LogP contribution in [0.3, 0.4) is 0 Å². The molecule has 3 aromatic rings. The van der Waals surface area contributed by atoms with E-state index in [0.717, 1.165) is 34.3 Å². The molecule has 8 heteroatoms. The van der Waals surface area contributed by atoms with Crippen LogP contribution in [0, 0.1) is 6.92 Å². The molecule has 1 aromatic heterocycles. The van der Waals surface area contributed by atoms with E-state index in [1.165, 1.54) is 5.56 Å². The van der Waals surface area contributed by atoms with Gasteiger partial charge in [0.1, 0.15) is 5.75 Å². The number of benzene rings is 2. The van der Waals surface area contributed by atoms with Crippen LogP contribution < -0.4 is 16.2 Å². The van der Waals surface area contributed by atoms with Crippen molar-refractivity contribution in [3.8, 4) is 5.75 Å². The summed E-state index contributed by atoms with van der Waals surface area (Å²) in [4.78, 5) is 4.12. The molecular formula is C20H23Cl3N4O. The first kappa shape index (κ1) is 22.2. The number of guanidine groups is 1. The van der Waals surface area contributed by atoms with E-state index < -0.39 is 0 Å². The fourth-order valence-electron chi connectivity index (χ4n) is 3.29. The van der Waals surface area contributed by atoms with Crippen molar-refractivity contribution < 1.29 is 4.74 Å². The largest absolute Gasteiger partial charge is 0.497 e. The Morgan fingerprint density at radius 1 is 1.11 bits per heavy atom. The number of aliphatic imine (C=N–C) groups is 1. The van der Waals surface area contributed by atoms with Crippen molar-refractivity contribution in [3.63, 3.8) is 0 Å². The Kier molecular flexibility index (Phi) is 7.47. The first-order valence-corrected chi connectivity index (χ1v) is 9.31. The molecule has 0 fully saturated rings. The second-order valence-corrected chi connectivity index (χ2v) is 7.15. The molecule has 0 atom stereocenters. The SMILES string of the molecule is COc1ccc2c(c1)c(CCN=C(N)N)c(C)n2Cc1ccc(Cl)c(Cl)c1.Cl. The summed E-state index contributed by atoms with van der Waals surface area (Å²) in [5.74, 6) is 0.919. The molecule has 150 valence electrons. The fourth-order valence-corrected chi connectivity index (χ4v) is 3.62. The highest BCUT2D eigenvalue weighted by Crippen LogP contribution is 2.31. The third kappa shape index (κ3) is 4.66. The second-order valence-electron chi connectivity index (χ2n) is 6.34. The van der Waals surface area contributed by atoms with E-state index in [9.17, 15) is 0 Å². The molecule has 5 nitrogen and oxygen atoms in total. The number of rotatable bonds is 6. The summed E-state index contributed by atoms with van der Waals surface area (Å²) >= 11 is 12.2. The van der Waals surface area contributed by atoms with Crippen LogP contribution in [-0.4, -0.2) is 24.2 Å². The molecule has 0 bridgehead atoms. The Labute approximate surface area is 180 Å². The molecule has 28 heavy (non-hydrogen) atoms. The van der Waals surface area contributed by atoms with Gasteiger partial charge in [0.15, 0.2) is 5.96 Å². The van der Waals surface area contributed by atoms with Gasteiger partial charge in [-0.05, 0) is 54.8 Å². The quantitative estimate of drug-likeness (QED) is 0.435. The van der Waals surface area contributed by atoms with Crippen molar-refractivity contribution in [1.29, 1.82) is 0 Å². The number of ether oxygens (including phenoxy) is 1. The minimum absolute atomic E-state index is 0. The first-order valence-electron chi connectivity index (χ1n) is 8.55. The standard InChI is InChI=1S/C20H22Cl2N4O.ClH/c1-12-15(7-8-25-20(23)24)16-10-14(27-2)4-6-19(16)26(12)11-13-3-5-17(21)18(22)9-13;/h3-6,9-10H,7-8,11H2,1-2H3,(H4,23,24,25);1H. The van der Waals surface area contributed by atoms with E-state index in [1.54, 1.807) is 7.11 Å². The van der Waals surface area contributed by atoms with Crippen LogP contribution in [0.15, 0.2) is 41.4 Å². The second kappa shape index (κ2) is 9.41. The average molecular weight is 442 g/mol. The van der Waals surface area contributed by atoms with Crippen molar-refractivity contribution in [2.75, 3.05) is 13.7 Å². The Morgan fingerprint density at radius 3 is 2.50 bits per heavy atom. The van der Waals surface area contributed by atoms with Crippen LogP contribution in [0.25, 0.3) is 10.9 Å². The van der Waals surface area contributed by atoms with Crippen molar-refractivity contribution in [2.45, 2.75) is 19.9 Å². The van der Waals surface area contributed by atoms with Gasteiger partial charge in [-0.25, -0.2) is 0 Å². The van der Waals surface area contributed by atoms with Crippen molar-refractivity contribution in [2.24, 2.45) is 16.5 Å². The lowest BCUT2D eigenvalue weighted by Gasteiger charge is -2.10. The van der Waals surface area contributed by atoms with Crippen LogP contribution in [0.4, 0.5) is 0 Å². The van der Waals surface area contributed by atoms with Gasteiger partial charge in [-0.3, -0.25) is 4.99 Å². The lowest BCUT2D eigenvalue weighted by Crippen LogP contribution is -2.23. The number of fused-ring (bicyclic) bond motifs is 1. The minimum Gasteiger partial charge on any atom is -0.497 e. The van der Waals surface area contributed by atoms with Crippen LogP contribution in [-0.2, 0) is 13.0 Å². The van der Waals surface area contributed by atoms with Crippen molar-refractivity contribution >= 4 is 52.5 Å². The summed E-state index contributed by atoms with van der Waals surface area (Å²) < 4.78 is 7.67. The van der Waals surface area contributed by atoms with Gasteiger partial charge < -0.3 is 20.8 Å². The predicted molar refractivity (Wildman–Crippen MR) is 120 cm³/mol. The number of methoxy groups -OCH3 is 1. The highest BCUT2D eigenvalue weighted by Gasteiger charge is 2.15. The van der Waals surface area contributed by atoms with Gasteiger partial charge in [0.2, 0.25) is 0 Å². The lowest BCUT2D eigenvalue weighted by molar-refractivity contribution is 0.415. The number of aromatic nitrogens is 1. The van der Waals surface area contributed by atoms with Crippen molar-refractivity contribution in [1.82, 2.24) is 4.57 Å². The maximum Gasteiger partial charge on any atom is 0.185 e. The van der Waals surface area contributed by atoms with Gasteiger partial charge >= 0.3 is 0 Å². The van der Waals surface area contributed by atoms with Gasteiger partial charge in [0, 0.05) is 29.7 Å². The molecule has 0 saturated heterocycles. The van der Waals surface area contributed by atoms with E-state index in [2.05, 4.69) is 28.6 Å². The minimum atomic E-state index is 0. The molecule has 0 saturated carbocycles. The third-order valence-electron chi connectivity index (χ3n) is 4.64. The maximum absolute atomic E-state index is 6.18. The molecular weight excluding hydrogens is 419 g/mol. The van der Waals surface area contributed by atoms with Gasteiger partial charge in [0.25, 0.3) is 0 Å². The molecule has 3 rings (SSSR count). The molecule has 0 aliphatic rings. The predicted octanol–water partition coefficient (Wildman–Crippen LogP) is 4.55. The van der Waals surface area contributed by atoms with Gasteiger partial charge in [-0.2, -0.15) is 0 Å². The highest BCUT2D eigenvalue weighted by atomic mass is 35.5. The number of hydrogen-bond acceptors (Lipinski definition) is 2. The van der Waals surface area contributed by atoms with Crippen LogP contribution >= 0.6 is 35.6 Å². The van der Waals surface area contributed by atoms with E-state index >= 15 is 0 Å². The number of nitrogens with two attached hydrogens (primary N) is 2. The maximum atomic E-state index is 6.18. The fraction of sp³-hybridized carbons (Fsp3) is 0.250. The smallest absolute Gasteiger partial charge is 0.185 e. The number of nitrogens with zero attached hydrogens (tertiary/aromatic N) is 2. The zero-order chi connectivity index (χ0) is 19.6. The van der Waals surface area contributed by atoms with Crippen molar-refractivity contribution in [3.05, 3.63) is 63.3 Å². The summed E-state index contributed by atoms with van der Waals surface area (Å²) in [6.45, 7) is 3.33. The summed E-state index contributed by atoms with van der Waals surface area (Å²) in [6, 6.07) is 11.8. The van der Waals surface area contributed by atoms with E-state index in [1.807, 2.05) is 24.3 Å². The van der Waals surface area contributed by atoms with E-state index in [4.69, 9.17) is 39.4 Å². The topological polar surface area (TPSA) is 78.6 Å². The van der Waals surface area contributed by atoms with Gasteiger partial charge in [-0.15, -0.1) is 12.4 Å². The summed E-state index contributed by atoms with van der Waals surface area (Å²) in [5, 5.41) is 2.24. The molecule has 0 spiro atoms. The zero-order valence-corrected chi connectivity index (χ0v) is 18.0. The Hall–Kier alpha value is -2.08. The molecule has 4 N–H and O–H groups in total. The third-order valence-corrected chi connectivity index (χ3v) is 5.38. The van der Waals surface area contributed by atoms with Gasteiger partial charge in [-0.1, -0.05) is 29.3 Å². The number of hydrogen-bond donors (Lipinski definition) is 2. The zero-order valence-electron chi connectivity index (χ0n) is 15.7. The van der Waals surface area contributed by atoms with Crippen LogP contribution in [0.5, 0.6) is 5.75 Å². The summed E-state index contributed by atoms with van der Waals surface area (Å²) in [7, 11) is 1.67. The van der Waals surface area contributed by atoms with E-state index in [0.29, 0.717) is 23.1 Å². The summed E-state index contributed by atoms with van der Waals surface area (Å²) in [6.07, 6.45) is 0.738. The Morgan fingerprint density at radius 2 is 1.86 bits per heavy atom. The van der Waals surface area contributed by atoms with Crippen LogP contribution in [0.2, 0.25) is 10.0 Å². The molecule has 0 amide bonds. The van der Waals surface area contributed by atoms with Crippen LogP contribution in [0.1, 0.15) is 16.8 Å². The monoisotopic (exact) mass is 440 g/mol.